The Morgan fingerprint density at radius 2 is 2.05 bits per heavy atom. The molecule has 108 valence electrons. The fourth-order valence-electron chi connectivity index (χ4n) is 2.11. The molecule has 4 nitrogen and oxygen atoms in total. The highest BCUT2D eigenvalue weighted by Crippen LogP contribution is 2.28. The number of pyridine rings is 1. The molecule has 0 radical (unpaired) electrons. The third-order valence-corrected chi connectivity index (χ3v) is 3.44. The Kier molecular flexibility index (Phi) is 3.70. The number of halogens is 3. The lowest BCUT2D eigenvalue weighted by atomic mass is 10.2. The number of nitrogens with zero attached hydrogens (tertiary/aromatic N) is 3. The number of alkyl halides is 2. The lowest BCUT2D eigenvalue weighted by Gasteiger charge is -2.11. The maximum absolute atomic E-state index is 12.8. The second kappa shape index (κ2) is 5.65. The third-order valence-electron chi connectivity index (χ3n) is 3.11. The average molecular weight is 309 g/mol. The third kappa shape index (κ3) is 2.67. The van der Waals surface area contributed by atoms with E-state index in [9.17, 15) is 8.78 Å². The largest absolute Gasteiger partial charge is 0.376 e. The molecule has 0 saturated heterocycles. The van der Waals surface area contributed by atoms with Crippen LogP contribution in [0.4, 0.5) is 14.5 Å². The predicted molar refractivity (Wildman–Crippen MR) is 77.6 cm³/mol. The summed E-state index contributed by atoms with van der Waals surface area (Å²) in [4.78, 5) is 8.20. The van der Waals surface area contributed by atoms with Crippen LogP contribution in [-0.2, 0) is 6.54 Å². The average Bonchev–Trinajstić information content (AvgIpc) is 2.96. The summed E-state index contributed by atoms with van der Waals surface area (Å²) in [6, 6.07) is 7.16. The predicted octanol–water partition coefficient (Wildman–Crippen LogP) is 4.09. The van der Waals surface area contributed by atoms with E-state index in [2.05, 4.69) is 15.3 Å². The Morgan fingerprint density at radius 1 is 1.19 bits per heavy atom. The normalized spacial score (nSPS) is 11.2. The van der Waals surface area contributed by atoms with Crippen molar-refractivity contribution in [2.45, 2.75) is 13.1 Å². The summed E-state index contributed by atoms with van der Waals surface area (Å²) in [6.45, 7) is -2.44. The van der Waals surface area contributed by atoms with Gasteiger partial charge < -0.3 is 5.32 Å². The van der Waals surface area contributed by atoms with Crippen molar-refractivity contribution in [2.24, 2.45) is 0 Å². The number of imidazole rings is 1. The van der Waals surface area contributed by atoms with Crippen LogP contribution in [0.25, 0.3) is 10.9 Å². The van der Waals surface area contributed by atoms with Gasteiger partial charge in [-0.25, -0.2) is 4.98 Å². The fourth-order valence-corrected chi connectivity index (χ4v) is 2.33. The Balaban J connectivity index is 1.89. The number of nitrogens with one attached hydrogen (secondary N) is 1. The highest BCUT2D eigenvalue weighted by molar-refractivity contribution is 6.35. The Labute approximate surface area is 124 Å². The minimum absolute atomic E-state index is 0.171. The summed E-state index contributed by atoms with van der Waals surface area (Å²) in [5.74, 6) is 0.254. The van der Waals surface area contributed by atoms with Crippen LogP contribution in [0.5, 0.6) is 0 Å². The van der Waals surface area contributed by atoms with E-state index >= 15 is 0 Å². The van der Waals surface area contributed by atoms with Crippen LogP contribution in [0.2, 0.25) is 5.02 Å². The topological polar surface area (TPSA) is 42.7 Å². The van der Waals surface area contributed by atoms with Gasteiger partial charge in [0.1, 0.15) is 5.82 Å². The molecule has 0 aliphatic carbocycles. The van der Waals surface area contributed by atoms with Crippen molar-refractivity contribution in [3.63, 3.8) is 0 Å². The first-order valence-electron chi connectivity index (χ1n) is 6.24. The molecule has 1 aromatic carbocycles. The maximum Gasteiger partial charge on any atom is 0.319 e. The van der Waals surface area contributed by atoms with Crippen molar-refractivity contribution in [3.05, 3.63) is 53.7 Å². The quantitative estimate of drug-likeness (QED) is 0.789. The molecule has 0 amide bonds. The molecular weight excluding hydrogens is 298 g/mol. The van der Waals surface area contributed by atoms with Gasteiger partial charge in [0.2, 0.25) is 0 Å². The molecule has 21 heavy (non-hydrogen) atoms. The van der Waals surface area contributed by atoms with E-state index in [1.807, 2.05) is 6.07 Å². The number of hydrogen-bond acceptors (Lipinski definition) is 3. The van der Waals surface area contributed by atoms with E-state index in [0.717, 1.165) is 15.6 Å². The number of hydrogen-bond donors (Lipinski definition) is 1. The zero-order chi connectivity index (χ0) is 14.8. The van der Waals surface area contributed by atoms with Gasteiger partial charge in [-0.05, 0) is 24.3 Å². The SMILES string of the molecule is FC(F)n1ccnc1CNc1ccc(Cl)c2cccnc12. The molecule has 2 aromatic heterocycles. The molecule has 7 heteroatoms. The van der Waals surface area contributed by atoms with Crippen LogP contribution in [0.1, 0.15) is 12.4 Å². The molecule has 0 aliphatic rings. The van der Waals surface area contributed by atoms with Gasteiger partial charge in [-0.15, -0.1) is 0 Å². The van der Waals surface area contributed by atoms with E-state index in [-0.39, 0.29) is 12.4 Å². The van der Waals surface area contributed by atoms with Crippen LogP contribution in [-0.4, -0.2) is 14.5 Å². The first-order valence-corrected chi connectivity index (χ1v) is 6.61. The van der Waals surface area contributed by atoms with E-state index in [1.54, 1.807) is 24.4 Å². The van der Waals surface area contributed by atoms with Gasteiger partial charge in [-0.2, -0.15) is 8.78 Å². The number of rotatable bonds is 4. The first-order chi connectivity index (χ1) is 10.2. The minimum atomic E-state index is -2.61. The molecule has 0 aliphatic heterocycles. The standard InChI is InChI=1S/C14H11ClF2N4/c15-10-3-4-11(13-9(10)2-1-5-19-13)20-8-12-18-6-7-21(12)14(16)17/h1-7,14,20H,8H2. The molecule has 2 heterocycles. The molecule has 0 spiro atoms. The summed E-state index contributed by atoms with van der Waals surface area (Å²) < 4.78 is 26.3. The van der Waals surface area contributed by atoms with E-state index < -0.39 is 6.55 Å². The molecule has 0 fully saturated rings. The molecule has 0 saturated carbocycles. The summed E-state index contributed by atoms with van der Waals surface area (Å²) in [5, 5.41) is 4.48. The van der Waals surface area contributed by atoms with Crippen LogP contribution >= 0.6 is 11.6 Å². The van der Waals surface area contributed by atoms with Crippen LogP contribution in [0.3, 0.4) is 0 Å². The highest BCUT2D eigenvalue weighted by atomic mass is 35.5. The Hall–Kier alpha value is -2.21. The summed E-state index contributed by atoms with van der Waals surface area (Å²) >= 11 is 6.11. The number of benzene rings is 1. The first kappa shape index (κ1) is 13.8. The minimum Gasteiger partial charge on any atom is -0.376 e. The highest BCUT2D eigenvalue weighted by Gasteiger charge is 2.12. The van der Waals surface area contributed by atoms with Gasteiger partial charge in [-0.3, -0.25) is 9.55 Å². The van der Waals surface area contributed by atoms with E-state index in [4.69, 9.17) is 11.6 Å². The molecule has 0 unspecified atom stereocenters. The Bertz CT molecular complexity index is 773. The van der Waals surface area contributed by atoms with Crippen molar-refractivity contribution in [3.8, 4) is 0 Å². The van der Waals surface area contributed by atoms with Crippen molar-refractivity contribution >= 4 is 28.2 Å². The van der Waals surface area contributed by atoms with Gasteiger partial charge in [-0.1, -0.05) is 11.6 Å². The lowest BCUT2D eigenvalue weighted by molar-refractivity contribution is 0.0673. The summed E-state index contributed by atoms with van der Waals surface area (Å²) in [5.41, 5.74) is 1.42. The molecule has 0 atom stereocenters. The van der Waals surface area contributed by atoms with Gasteiger partial charge in [0.25, 0.3) is 0 Å². The van der Waals surface area contributed by atoms with E-state index in [0.29, 0.717) is 10.5 Å². The molecular formula is C14H11ClF2N4. The number of fused-ring (bicyclic) bond motifs is 1. The summed E-state index contributed by atoms with van der Waals surface area (Å²) in [6.07, 6.45) is 4.26. The molecule has 0 bridgehead atoms. The lowest BCUT2D eigenvalue weighted by Crippen LogP contribution is -2.09. The monoisotopic (exact) mass is 308 g/mol. The van der Waals surface area contributed by atoms with Gasteiger partial charge >= 0.3 is 6.55 Å². The second-order valence-corrected chi connectivity index (χ2v) is 4.78. The van der Waals surface area contributed by atoms with Gasteiger partial charge in [0.05, 0.1) is 22.8 Å². The fraction of sp³-hybridized carbons (Fsp3) is 0.143. The molecule has 1 N–H and O–H groups in total. The Morgan fingerprint density at radius 3 is 2.86 bits per heavy atom. The van der Waals surface area contributed by atoms with Crippen molar-refractivity contribution < 1.29 is 8.78 Å². The van der Waals surface area contributed by atoms with Crippen molar-refractivity contribution in [1.29, 1.82) is 0 Å². The van der Waals surface area contributed by atoms with E-state index in [1.165, 1.54) is 12.4 Å². The second-order valence-electron chi connectivity index (χ2n) is 4.38. The maximum atomic E-state index is 12.8. The number of aromatic nitrogens is 3. The molecule has 3 rings (SSSR count). The van der Waals surface area contributed by atoms with Crippen LogP contribution in [0, 0.1) is 0 Å². The number of anilines is 1. The summed E-state index contributed by atoms with van der Waals surface area (Å²) in [7, 11) is 0. The zero-order valence-corrected chi connectivity index (χ0v) is 11.6. The smallest absolute Gasteiger partial charge is 0.319 e. The molecule has 3 aromatic rings. The van der Waals surface area contributed by atoms with Crippen molar-refractivity contribution in [1.82, 2.24) is 14.5 Å². The van der Waals surface area contributed by atoms with Gasteiger partial charge in [0.15, 0.2) is 0 Å². The van der Waals surface area contributed by atoms with Gasteiger partial charge in [0, 0.05) is 24.0 Å². The zero-order valence-electron chi connectivity index (χ0n) is 10.8. The van der Waals surface area contributed by atoms with Crippen LogP contribution < -0.4 is 5.32 Å². The van der Waals surface area contributed by atoms with Crippen LogP contribution in [0.15, 0.2) is 42.9 Å². The van der Waals surface area contributed by atoms with Crippen molar-refractivity contribution in [2.75, 3.05) is 5.32 Å².